The van der Waals surface area contributed by atoms with Gasteiger partial charge in [-0.25, -0.2) is 29.0 Å². The van der Waals surface area contributed by atoms with Crippen LogP contribution in [0.15, 0.2) is 48.5 Å². The van der Waals surface area contributed by atoms with Crippen molar-refractivity contribution in [2.24, 2.45) is 0 Å². The molecule has 1 amide bonds. The SMILES string of the molecule is CNC(=O)Oc1ccccc1C(=O)OOC(=O)c1ccccc1OC(=O)OC1CCCCC1. The van der Waals surface area contributed by atoms with Crippen molar-refractivity contribution in [1.82, 2.24) is 5.32 Å². The van der Waals surface area contributed by atoms with Crippen LogP contribution in [-0.2, 0) is 14.5 Å². The lowest BCUT2D eigenvalue weighted by atomic mass is 9.98. The van der Waals surface area contributed by atoms with E-state index < -0.39 is 24.2 Å². The highest BCUT2D eigenvalue weighted by Crippen LogP contribution is 2.24. The number of carbonyl (C=O) groups is 4. The van der Waals surface area contributed by atoms with Gasteiger partial charge in [0.1, 0.15) is 28.7 Å². The number of amides is 1. The number of rotatable bonds is 5. The van der Waals surface area contributed by atoms with E-state index in [9.17, 15) is 19.2 Å². The second kappa shape index (κ2) is 11.5. The van der Waals surface area contributed by atoms with Crippen molar-refractivity contribution in [3.63, 3.8) is 0 Å². The number of hydrogen-bond acceptors (Lipinski definition) is 9. The number of nitrogens with one attached hydrogen (secondary N) is 1. The van der Waals surface area contributed by atoms with Gasteiger partial charge >= 0.3 is 24.2 Å². The van der Waals surface area contributed by atoms with Gasteiger partial charge in [-0.3, -0.25) is 0 Å². The van der Waals surface area contributed by atoms with Crippen LogP contribution in [0.5, 0.6) is 11.5 Å². The Labute approximate surface area is 189 Å². The fourth-order valence-corrected chi connectivity index (χ4v) is 3.20. The van der Waals surface area contributed by atoms with Crippen molar-refractivity contribution < 1.29 is 43.2 Å². The molecular formula is C23H23NO9. The van der Waals surface area contributed by atoms with Gasteiger partial charge in [0, 0.05) is 7.05 Å². The van der Waals surface area contributed by atoms with Crippen LogP contribution < -0.4 is 14.8 Å². The molecule has 2 aromatic carbocycles. The van der Waals surface area contributed by atoms with Gasteiger partial charge in [0.25, 0.3) is 0 Å². The minimum atomic E-state index is -1.07. The Morgan fingerprint density at radius 1 is 0.758 bits per heavy atom. The molecule has 0 spiro atoms. The molecule has 2 aromatic rings. The van der Waals surface area contributed by atoms with E-state index >= 15 is 0 Å². The smallest absolute Gasteiger partial charge is 0.431 e. The summed E-state index contributed by atoms with van der Waals surface area (Å²) < 4.78 is 15.4. The van der Waals surface area contributed by atoms with Crippen molar-refractivity contribution in [2.45, 2.75) is 38.2 Å². The van der Waals surface area contributed by atoms with Gasteiger partial charge in [-0.1, -0.05) is 30.7 Å². The maximum absolute atomic E-state index is 12.5. The fourth-order valence-electron chi connectivity index (χ4n) is 3.20. The molecule has 0 aliphatic heterocycles. The van der Waals surface area contributed by atoms with Gasteiger partial charge in [0.2, 0.25) is 0 Å². The standard InChI is InChI=1S/C23H23NO9/c1-24-22(27)30-18-13-7-5-11-16(18)20(25)32-33-21(26)17-12-6-8-14-19(17)31-23(28)29-15-9-3-2-4-10-15/h5-8,11-15H,2-4,9-10H2,1H3,(H,24,27). The molecule has 10 heteroatoms. The second-order valence-corrected chi connectivity index (χ2v) is 7.10. The summed E-state index contributed by atoms with van der Waals surface area (Å²) in [6.07, 6.45) is 2.64. The molecule has 1 aliphatic carbocycles. The van der Waals surface area contributed by atoms with Gasteiger partial charge < -0.3 is 19.5 Å². The van der Waals surface area contributed by atoms with E-state index in [1.807, 2.05) is 0 Å². The van der Waals surface area contributed by atoms with Crippen LogP contribution in [0.3, 0.4) is 0 Å². The van der Waals surface area contributed by atoms with Crippen LogP contribution >= 0.6 is 0 Å². The van der Waals surface area contributed by atoms with E-state index in [0.29, 0.717) is 0 Å². The Morgan fingerprint density at radius 2 is 1.27 bits per heavy atom. The summed E-state index contributed by atoms with van der Waals surface area (Å²) in [7, 11) is 1.36. The molecule has 1 N–H and O–H groups in total. The normalized spacial score (nSPS) is 13.4. The van der Waals surface area contributed by atoms with Gasteiger partial charge in [0.15, 0.2) is 0 Å². The van der Waals surface area contributed by atoms with E-state index in [-0.39, 0.29) is 28.7 Å². The van der Waals surface area contributed by atoms with Crippen LogP contribution in [0.2, 0.25) is 0 Å². The molecule has 0 radical (unpaired) electrons. The predicted molar refractivity (Wildman–Crippen MR) is 113 cm³/mol. The van der Waals surface area contributed by atoms with E-state index in [1.54, 1.807) is 12.1 Å². The summed E-state index contributed by atoms with van der Waals surface area (Å²) in [6.45, 7) is 0. The Morgan fingerprint density at radius 3 is 1.82 bits per heavy atom. The van der Waals surface area contributed by atoms with Crippen molar-refractivity contribution >= 4 is 24.2 Å². The third-order valence-corrected chi connectivity index (χ3v) is 4.82. The first-order valence-electron chi connectivity index (χ1n) is 10.4. The van der Waals surface area contributed by atoms with Crippen molar-refractivity contribution in [1.29, 1.82) is 0 Å². The number of benzene rings is 2. The molecule has 174 valence electrons. The van der Waals surface area contributed by atoms with Crippen molar-refractivity contribution in [3.8, 4) is 11.5 Å². The predicted octanol–water partition coefficient (Wildman–Crippen LogP) is 4.18. The van der Waals surface area contributed by atoms with Crippen molar-refractivity contribution in [3.05, 3.63) is 59.7 Å². The molecule has 33 heavy (non-hydrogen) atoms. The van der Waals surface area contributed by atoms with Crippen LogP contribution in [0.1, 0.15) is 52.8 Å². The quantitative estimate of drug-likeness (QED) is 0.304. The Hall–Kier alpha value is -4.08. The summed E-state index contributed by atoms with van der Waals surface area (Å²) in [5, 5.41) is 2.25. The van der Waals surface area contributed by atoms with Crippen LogP contribution in [-0.4, -0.2) is 37.3 Å². The average molecular weight is 457 g/mol. The van der Waals surface area contributed by atoms with Crippen LogP contribution in [0.25, 0.3) is 0 Å². The lowest BCUT2D eigenvalue weighted by Crippen LogP contribution is -2.24. The minimum Gasteiger partial charge on any atom is -0.431 e. The Kier molecular flexibility index (Phi) is 8.23. The number of carbonyl (C=O) groups excluding carboxylic acids is 4. The number of hydrogen-bond donors (Lipinski definition) is 1. The third kappa shape index (κ3) is 6.70. The second-order valence-electron chi connectivity index (χ2n) is 7.10. The summed E-state index contributed by atoms with van der Waals surface area (Å²) in [6, 6.07) is 11.5. The van der Waals surface area contributed by atoms with E-state index in [4.69, 9.17) is 14.2 Å². The molecule has 0 aromatic heterocycles. The zero-order valence-electron chi connectivity index (χ0n) is 17.9. The average Bonchev–Trinajstić information content (AvgIpc) is 2.83. The fraction of sp³-hybridized carbons (Fsp3) is 0.304. The number of para-hydroxylation sites is 2. The molecule has 1 aliphatic rings. The summed E-state index contributed by atoms with van der Waals surface area (Å²) in [4.78, 5) is 57.6. The topological polar surface area (TPSA) is 126 Å². The van der Waals surface area contributed by atoms with Crippen LogP contribution in [0.4, 0.5) is 9.59 Å². The van der Waals surface area contributed by atoms with Gasteiger partial charge in [0.05, 0.1) is 0 Å². The zero-order valence-corrected chi connectivity index (χ0v) is 17.9. The summed E-state index contributed by atoms with van der Waals surface area (Å²) >= 11 is 0. The Bertz CT molecular complexity index is 1010. The lowest BCUT2D eigenvalue weighted by molar-refractivity contribution is -0.187. The van der Waals surface area contributed by atoms with Crippen molar-refractivity contribution in [2.75, 3.05) is 7.05 Å². The highest BCUT2D eigenvalue weighted by molar-refractivity contribution is 5.96. The molecule has 0 heterocycles. The highest BCUT2D eigenvalue weighted by atomic mass is 17.2. The number of ether oxygens (including phenoxy) is 3. The van der Waals surface area contributed by atoms with E-state index in [0.717, 1.165) is 32.1 Å². The maximum atomic E-state index is 12.5. The maximum Gasteiger partial charge on any atom is 0.514 e. The van der Waals surface area contributed by atoms with Gasteiger partial charge in [-0.15, -0.1) is 0 Å². The summed E-state index contributed by atoms with van der Waals surface area (Å²) in [5.41, 5.74) is -0.296. The lowest BCUT2D eigenvalue weighted by Gasteiger charge is -2.21. The van der Waals surface area contributed by atoms with E-state index in [1.165, 1.54) is 43.4 Å². The Balaban J connectivity index is 1.61. The van der Waals surface area contributed by atoms with E-state index in [2.05, 4.69) is 15.1 Å². The first-order valence-corrected chi connectivity index (χ1v) is 10.4. The molecule has 0 bridgehead atoms. The molecule has 1 fully saturated rings. The largest absolute Gasteiger partial charge is 0.514 e. The molecule has 0 saturated heterocycles. The zero-order chi connectivity index (χ0) is 23.6. The minimum absolute atomic E-state index is 0.0907. The van der Waals surface area contributed by atoms with Gasteiger partial charge in [-0.05, 0) is 49.9 Å². The first-order chi connectivity index (χ1) is 16.0. The monoisotopic (exact) mass is 457 g/mol. The molecule has 3 rings (SSSR count). The first kappa shape index (κ1) is 23.6. The summed E-state index contributed by atoms with van der Waals surface area (Å²) in [5.74, 6) is -2.35. The molecule has 10 nitrogen and oxygen atoms in total. The molecule has 1 saturated carbocycles. The third-order valence-electron chi connectivity index (χ3n) is 4.82. The molecular weight excluding hydrogens is 434 g/mol. The highest BCUT2D eigenvalue weighted by Gasteiger charge is 2.24. The molecule has 0 unspecified atom stereocenters. The van der Waals surface area contributed by atoms with Gasteiger partial charge in [-0.2, -0.15) is 0 Å². The molecule has 0 atom stereocenters. The van der Waals surface area contributed by atoms with Crippen LogP contribution in [0, 0.1) is 0 Å².